The van der Waals surface area contributed by atoms with E-state index in [1.165, 1.54) is 37.7 Å². The molecule has 2 heteroatoms. The fraction of sp³-hybridized carbons (Fsp3) is 0.538. The number of nitrogens with two attached hydrogens (primary N) is 1. The van der Waals surface area contributed by atoms with Crippen LogP contribution >= 0.6 is 0 Å². The van der Waals surface area contributed by atoms with Gasteiger partial charge >= 0.3 is 0 Å². The molecule has 3 N–H and O–H groups in total. The number of nitrogen functional groups attached to an aromatic ring is 1. The average Bonchev–Trinajstić information content (AvgIpc) is 2.29. The second-order valence-electron chi connectivity index (χ2n) is 4.41. The highest BCUT2D eigenvalue weighted by molar-refractivity contribution is 5.46. The van der Waals surface area contributed by atoms with Crippen LogP contribution in [0.1, 0.15) is 37.7 Å². The number of anilines is 1. The van der Waals surface area contributed by atoms with Gasteiger partial charge in [0.05, 0.1) is 0 Å². The van der Waals surface area contributed by atoms with Crippen molar-refractivity contribution >= 4 is 5.69 Å². The van der Waals surface area contributed by atoms with Crippen molar-refractivity contribution in [1.82, 2.24) is 5.32 Å². The van der Waals surface area contributed by atoms with Gasteiger partial charge < -0.3 is 11.1 Å². The van der Waals surface area contributed by atoms with E-state index in [4.69, 9.17) is 5.73 Å². The summed E-state index contributed by atoms with van der Waals surface area (Å²) >= 11 is 0. The van der Waals surface area contributed by atoms with Gasteiger partial charge in [-0.15, -0.1) is 0 Å². The molecule has 0 saturated heterocycles. The molecule has 0 aliphatic heterocycles. The molecule has 1 aliphatic carbocycles. The molecule has 0 amide bonds. The Bertz CT molecular complexity index is 303. The Morgan fingerprint density at radius 3 is 2.60 bits per heavy atom. The van der Waals surface area contributed by atoms with Crippen LogP contribution in [0.2, 0.25) is 0 Å². The first kappa shape index (κ1) is 10.5. The maximum absolute atomic E-state index is 5.90. The first-order valence-electron chi connectivity index (χ1n) is 5.93. The molecule has 0 radical (unpaired) electrons. The topological polar surface area (TPSA) is 38.0 Å². The average molecular weight is 204 g/mol. The van der Waals surface area contributed by atoms with Crippen LogP contribution in [0.25, 0.3) is 0 Å². The lowest BCUT2D eigenvalue weighted by molar-refractivity contribution is 0.372. The zero-order valence-corrected chi connectivity index (χ0v) is 9.21. The highest BCUT2D eigenvalue weighted by Crippen LogP contribution is 2.18. The van der Waals surface area contributed by atoms with Crippen LogP contribution in [0.5, 0.6) is 0 Å². The van der Waals surface area contributed by atoms with Crippen LogP contribution in [0.15, 0.2) is 24.3 Å². The monoisotopic (exact) mass is 204 g/mol. The molecule has 2 rings (SSSR count). The van der Waals surface area contributed by atoms with Crippen molar-refractivity contribution < 1.29 is 0 Å². The molecule has 1 fully saturated rings. The van der Waals surface area contributed by atoms with Crippen LogP contribution in [0.4, 0.5) is 5.69 Å². The Morgan fingerprint density at radius 2 is 1.87 bits per heavy atom. The fourth-order valence-electron chi connectivity index (χ4n) is 2.26. The molecule has 2 nitrogen and oxygen atoms in total. The lowest BCUT2D eigenvalue weighted by atomic mass is 9.95. The molecule has 0 heterocycles. The summed E-state index contributed by atoms with van der Waals surface area (Å²) in [6.45, 7) is 0.914. The molecule has 0 atom stereocenters. The zero-order valence-electron chi connectivity index (χ0n) is 9.21. The van der Waals surface area contributed by atoms with Gasteiger partial charge in [-0.3, -0.25) is 0 Å². The minimum atomic E-state index is 0.707. The molecule has 15 heavy (non-hydrogen) atoms. The van der Waals surface area contributed by atoms with Crippen LogP contribution in [-0.2, 0) is 6.54 Å². The molecule has 82 valence electrons. The molecular formula is C13H20N2. The number of benzene rings is 1. The lowest BCUT2D eigenvalue weighted by Gasteiger charge is -2.23. The van der Waals surface area contributed by atoms with Gasteiger partial charge in [0.25, 0.3) is 0 Å². The van der Waals surface area contributed by atoms with Crippen LogP contribution < -0.4 is 11.1 Å². The van der Waals surface area contributed by atoms with Crippen molar-refractivity contribution in [2.24, 2.45) is 0 Å². The Morgan fingerprint density at radius 1 is 1.13 bits per heavy atom. The second-order valence-corrected chi connectivity index (χ2v) is 4.41. The molecule has 0 aromatic heterocycles. The van der Waals surface area contributed by atoms with Gasteiger partial charge in [-0.2, -0.15) is 0 Å². The van der Waals surface area contributed by atoms with Gasteiger partial charge in [-0.05, 0) is 24.5 Å². The van der Waals surface area contributed by atoms with Gasteiger partial charge in [-0.25, -0.2) is 0 Å². The van der Waals surface area contributed by atoms with Gasteiger partial charge in [0.15, 0.2) is 0 Å². The largest absolute Gasteiger partial charge is 0.398 e. The third-order valence-corrected chi connectivity index (χ3v) is 3.24. The first-order valence-corrected chi connectivity index (χ1v) is 5.93. The Balaban J connectivity index is 1.84. The van der Waals surface area contributed by atoms with E-state index in [0.29, 0.717) is 6.04 Å². The number of hydrogen-bond acceptors (Lipinski definition) is 2. The smallest absolute Gasteiger partial charge is 0.0359 e. The Hall–Kier alpha value is -1.02. The maximum atomic E-state index is 5.90. The van der Waals surface area contributed by atoms with Gasteiger partial charge in [-0.1, -0.05) is 37.5 Å². The predicted octanol–water partition coefficient (Wildman–Crippen LogP) is 2.69. The van der Waals surface area contributed by atoms with E-state index in [2.05, 4.69) is 11.4 Å². The SMILES string of the molecule is Nc1ccccc1CNC1CCCCC1. The molecule has 1 aromatic carbocycles. The molecular weight excluding hydrogens is 184 g/mol. The van der Waals surface area contributed by atoms with Crippen molar-refractivity contribution in [3.8, 4) is 0 Å². The van der Waals surface area contributed by atoms with Crippen molar-refractivity contribution in [2.75, 3.05) is 5.73 Å². The van der Waals surface area contributed by atoms with E-state index in [1.54, 1.807) is 0 Å². The summed E-state index contributed by atoms with van der Waals surface area (Å²) in [5.41, 5.74) is 8.02. The van der Waals surface area contributed by atoms with Crippen molar-refractivity contribution in [3.63, 3.8) is 0 Å². The molecule has 0 unspecified atom stereocenters. The highest BCUT2D eigenvalue weighted by atomic mass is 14.9. The third-order valence-electron chi connectivity index (χ3n) is 3.24. The minimum absolute atomic E-state index is 0.707. The molecule has 1 aliphatic rings. The predicted molar refractivity (Wildman–Crippen MR) is 64.6 cm³/mol. The van der Waals surface area contributed by atoms with E-state index < -0.39 is 0 Å². The van der Waals surface area contributed by atoms with Gasteiger partial charge in [0.1, 0.15) is 0 Å². The zero-order chi connectivity index (χ0) is 10.5. The van der Waals surface area contributed by atoms with Gasteiger partial charge in [0.2, 0.25) is 0 Å². The van der Waals surface area contributed by atoms with Crippen molar-refractivity contribution in [2.45, 2.75) is 44.7 Å². The fourth-order valence-corrected chi connectivity index (χ4v) is 2.26. The second kappa shape index (κ2) is 5.17. The van der Waals surface area contributed by atoms with E-state index in [9.17, 15) is 0 Å². The van der Waals surface area contributed by atoms with Crippen LogP contribution in [0, 0.1) is 0 Å². The molecule has 1 aromatic rings. The minimum Gasteiger partial charge on any atom is -0.398 e. The highest BCUT2D eigenvalue weighted by Gasteiger charge is 2.12. The summed E-state index contributed by atoms with van der Waals surface area (Å²) in [5.74, 6) is 0. The summed E-state index contributed by atoms with van der Waals surface area (Å²) < 4.78 is 0. The number of para-hydroxylation sites is 1. The van der Waals surface area contributed by atoms with Crippen molar-refractivity contribution in [3.05, 3.63) is 29.8 Å². The van der Waals surface area contributed by atoms with Crippen LogP contribution in [0.3, 0.4) is 0 Å². The summed E-state index contributed by atoms with van der Waals surface area (Å²) in [7, 11) is 0. The van der Waals surface area contributed by atoms with Gasteiger partial charge in [0, 0.05) is 18.3 Å². The molecule has 1 saturated carbocycles. The standard InChI is InChI=1S/C13H20N2/c14-13-9-5-4-6-11(13)10-15-12-7-2-1-3-8-12/h4-6,9,12,15H,1-3,7-8,10,14H2. The Labute approximate surface area is 91.9 Å². The molecule has 0 bridgehead atoms. The van der Waals surface area contributed by atoms with E-state index >= 15 is 0 Å². The van der Waals surface area contributed by atoms with E-state index in [1.807, 2.05) is 18.2 Å². The molecule has 0 spiro atoms. The van der Waals surface area contributed by atoms with E-state index in [0.717, 1.165) is 12.2 Å². The number of rotatable bonds is 3. The summed E-state index contributed by atoms with van der Waals surface area (Å²) in [4.78, 5) is 0. The summed E-state index contributed by atoms with van der Waals surface area (Å²) in [6.07, 6.45) is 6.81. The first-order chi connectivity index (χ1) is 7.36. The van der Waals surface area contributed by atoms with Crippen LogP contribution in [-0.4, -0.2) is 6.04 Å². The van der Waals surface area contributed by atoms with E-state index in [-0.39, 0.29) is 0 Å². The maximum Gasteiger partial charge on any atom is 0.0359 e. The summed E-state index contributed by atoms with van der Waals surface area (Å²) in [5, 5.41) is 3.60. The Kier molecular flexibility index (Phi) is 3.62. The third kappa shape index (κ3) is 2.96. The lowest BCUT2D eigenvalue weighted by Crippen LogP contribution is -2.30. The number of nitrogens with one attached hydrogen (secondary N) is 1. The summed E-state index contributed by atoms with van der Waals surface area (Å²) in [6, 6.07) is 8.81. The number of hydrogen-bond donors (Lipinski definition) is 2. The van der Waals surface area contributed by atoms with Crippen molar-refractivity contribution in [1.29, 1.82) is 0 Å². The quantitative estimate of drug-likeness (QED) is 0.743. The normalized spacial score (nSPS) is 17.9.